The third-order valence-corrected chi connectivity index (χ3v) is 3.91. The number of piperidine rings is 1. The average Bonchev–Trinajstić information content (AvgIpc) is 2.82. The average molecular weight is 253 g/mol. The number of nitrogens with zero attached hydrogens (tertiary/aromatic N) is 2. The number of rotatable bonds is 4. The van der Waals surface area contributed by atoms with E-state index in [1.807, 2.05) is 5.38 Å². The molecule has 1 aromatic heterocycles. The number of nitrogens with one attached hydrogen (secondary N) is 1. The maximum atomic E-state index is 11.8. The Morgan fingerprint density at radius 3 is 3.29 bits per heavy atom. The van der Waals surface area contributed by atoms with E-state index in [4.69, 9.17) is 0 Å². The molecule has 4 nitrogen and oxygen atoms in total. The normalized spacial score (nSPS) is 21.4. The predicted octanol–water partition coefficient (Wildman–Crippen LogP) is 2.20. The van der Waals surface area contributed by atoms with Crippen LogP contribution < -0.4 is 5.32 Å². The van der Waals surface area contributed by atoms with Crippen molar-refractivity contribution in [1.82, 2.24) is 9.88 Å². The van der Waals surface area contributed by atoms with Crippen LogP contribution in [0.3, 0.4) is 0 Å². The molecule has 0 aliphatic carbocycles. The van der Waals surface area contributed by atoms with Crippen molar-refractivity contribution >= 4 is 22.4 Å². The Morgan fingerprint density at radius 1 is 1.71 bits per heavy atom. The molecule has 1 atom stereocenters. The molecule has 17 heavy (non-hydrogen) atoms. The van der Waals surface area contributed by atoms with Gasteiger partial charge in [0.05, 0.1) is 6.54 Å². The van der Waals surface area contributed by atoms with Crippen LogP contribution >= 0.6 is 11.3 Å². The Hall–Kier alpha value is -0.940. The SMILES string of the molecule is CC[C@@H]1CCCN(CC(=O)Nc2nccs2)C1. The summed E-state index contributed by atoms with van der Waals surface area (Å²) in [6.07, 6.45) is 5.43. The molecule has 1 aliphatic heterocycles. The van der Waals surface area contributed by atoms with Gasteiger partial charge in [-0.05, 0) is 25.3 Å². The number of carbonyl (C=O) groups excluding carboxylic acids is 1. The third-order valence-electron chi connectivity index (χ3n) is 3.23. The topological polar surface area (TPSA) is 45.2 Å². The van der Waals surface area contributed by atoms with Gasteiger partial charge in [-0.3, -0.25) is 9.69 Å². The zero-order chi connectivity index (χ0) is 12.1. The first-order valence-electron chi connectivity index (χ1n) is 6.19. The Kier molecular flexibility index (Phi) is 4.50. The fourth-order valence-electron chi connectivity index (χ4n) is 2.28. The van der Waals surface area contributed by atoms with Crippen molar-refractivity contribution in [3.8, 4) is 0 Å². The van der Waals surface area contributed by atoms with Crippen molar-refractivity contribution in [3.63, 3.8) is 0 Å². The van der Waals surface area contributed by atoms with Crippen molar-refractivity contribution in [3.05, 3.63) is 11.6 Å². The van der Waals surface area contributed by atoms with Crippen molar-refractivity contribution in [2.24, 2.45) is 5.92 Å². The number of carbonyl (C=O) groups is 1. The molecule has 2 rings (SSSR count). The predicted molar refractivity (Wildman–Crippen MR) is 70.2 cm³/mol. The Bertz CT molecular complexity index is 353. The second kappa shape index (κ2) is 6.12. The standard InChI is InChI=1S/C12H19N3OS/c1-2-10-4-3-6-15(8-10)9-11(16)14-12-13-5-7-17-12/h5,7,10H,2-4,6,8-9H2,1H3,(H,13,14,16)/t10-/m1/s1. The highest BCUT2D eigenvalue weighted by molar-refractivity contribution is 7.13. The molecule has 0 unspecified atom stereocenters. The lowest BCUT2D eigenvalue weighted by Crippen LogP contribution is -2.40. The molecule has 1 aromatic rings. The second-order valence-corrected chi connectivity index (χ2v) is 5.43. The van der Waals surface area contributed by atoms with E-state index in [0.717, 1.165) is 19.0 Å². The molecule has 1 fully saturated rings. The monoisotopic (exact) mass is 253 g/mol. The van der Waals surface area contributed by atoms with E-state index in [9.17, 15) is 4.79 Å². The van der Waals surface area contributed by atoms with Crippen molar-refractivity contribution in [2.75, 3.05) is 25.0 Å². The number of amides is 1. The van der Waals surface area contributed by atoms with Gasteiger partial charge in [0, 0.05) is 18.1 Å². The van der Waals surface area contributed by atoms with E-state index in [1.165, 1.54) is 30.6 Å². The third kappa shape index (κ3) is 3.78. The van der Waals surface area contributed by atoms with Gasteiger partial charge in [0.1, 0.15) is 0 Å². The van der Waals surface area contributed by atoms with Crippen LogP contribution in [-0.2, 0) is 4.79 Å². The molecule has 1 N–H and O–H groups in total. The van der Waals surface area contributed by atoms with Gasteiger partial charge in [0.25, 0.3) is 0 Å². The smallest absolute Gasteiger partial charge is 0.240 e. The maximum Gasteiger partial charge on any atom is 0.240 e. The number of hydrogen-bond donors (Lipinski definition) is 1. The Labute approximate surface area is 106 Å². The number of hydrogen-bond acceptors (Lipinski definition) is 4. The van der Waals surface area contributed by atoms with Gasteiger partial charge in [0.2, 0.25) is 5.91 Å². The minimum atomic E-state index is 0.0525. The van der Waals surface area contributed by atoms with Gasteiger partial charge in [0.15, 0.2) is 5.13 Å². The molecule has 1 aliphatic rings. The minimum Gasteiger partial charge on any atom is -0.301 e. The summed E-state index contributed by atoms with van der Waals surface area (Å²) in [5.41, 5.74) is 0. The zero-order valence-corrected chi connectivity index (χ0v) is 11.0. The Morgan fingerprint density at radius 2 is 2.59 bits per heavy atom. The molecule has 0 radical (unpaired) electrons. The van der Waals surface area contributed by atoms with Crippen molar-refractivity contribution in [2.45, 2.75) is 26.2 Å². The summed E-state index contributed by atoms with van der Waals surface area (Å²) in [6.45, 7) is 4.82. The molecular formula is C12H19N3OS. The van der Waals surface area contributed by atoms with Crippen LogP contribution in [0.25, 0.3) is 0 Å². The van der Waals surface area contributed by atoms with Crippen LogP contribution in [0, 0.1) is 5.92 Å². The van der Waals surface area contributed by atoms with Crippen LogP contribution in [-0.4, -0.2) is 35.4 Å². The highest BCUT2D eigenvalue weighted by Gasteiger charge is 2.20. The van der Waals surface area contributed by atoms with E-state index in [2.05, 4.69) is 22.1 Å². The lowest BCUT2D eigenvalue weighted by Gasteiger charge is -2.31. The summed E-state index contributed by atoms with van der Waals surface area (Å²) in [6, 6.07) is 0. The Balaban J connectivity index is 1.78. The van der Waals surface area contributed by atoms with Crippen molar-refractivity contribution < 1.29 is 4.79 Å². The molecule has 0 saturated carbocycles. The summed E-state index contributed by atoms with van der Waals surface area (Å²) in [4.78, 5) is 18.1. The van der Waals surface area contributed by atoms with Gasteiger partial charge < -0.3 is 5.32 Å². The van der Waals surface area contributed by atoms with Crippen LogP contribution in [0.5, 0.6) is 0 Å². The van der Waals surface area contributed by atoms with E-state index in [-0.39, 0.29) is 5.91 Å². The number of anilines is 1. The molecule has 94 valence electrons. The van der Waals surface area contributed by atoms with Crippen LogP contribution in [0.15, 0.2) is 11.6 Å². The first kappa shape index (κ1) is 12.5. The lowest BCUT2D eigenvalue weighted by atomic mass is 9.96. The molecule has 1 saturated heterocycles. The molecule has 0 spiro atoms. The van der Waals surface area contributed by atoms with Gasteiger partial charge in [-0.15, -0.1) is 11.3 Å². The molecule has 1 amide bonds. The lowest BCUT2D eigenvalue weighted by molar-refractivity contribution is -0.117. The van der Waals surface area contributed by atoms with Crippen LogP contribution in [0.1, 0.15) is 26.2 Å². The summed E-state index contributed by atoms with van der Waals surface area (Å²) in [5.74, 6) is 0.813. The number of aromatic nitrogens is 1. The van der Waals surface area contributed by atoms with Crippen LogP contribution in [0.2, 0.25) is 0 Å². The highest BCUT2D eigenvalue weighted by Crippen LogP contribution is 2.19. The fraction of sp³-hybridized carbons (Fsp3) is 0.667. The first-order valence-corrected chi connectivity index (χ1v) is 7.07. The van der Waals surface area contributed by atoms with Gasteiger partial charge >= 0.3 is 0 Å². The molecule has 5 heteroatoms. The molecular weight excluding hydrogens is 234 g/mol. The minimum absolute atomic E-state index is 0.0525. The van der Waals surface area contributed by atoms with E-state index in [0.29, 0.717) is 11.7 Å². The van der Waals surface area contributed by atoms with E-state index < -0.39 is 0 Å². The fourth-order valence-corrected chi connectivity index (χ4v) is 2.82. The van der Waals surface area contributed by atoms with Gasteiger partial charge in [-0.2, -0.15) is 0 Å². The van der Waals surface area contributed by atoms with Crippen LogP contribution in [0.4, 0.5) is 5.13 Å². The highest BCUT2D eigenvalue weighted by atomic mass is 32.1. The molecule has 2 heterocycles. The number of thiazole rings is 1. The summed E-state index contributed by atoms with van der Waals surface area (Å²) < 4.78 is 0. The molecule has 0 aromatic carbocycles. The molecule has 0 bridgehead atoms. The van der Waals surface area contributed by atoms with E-state index >= 15 is 0 Å². The van der Waals surface area contributed by atoms with Crippen molar-refractivity contribution in [1.29, 1.82) is 0 Å². The summed E-state index contributed by atoms with van der Waals surface area (Å²) in [5, 5.41) is 5.39. The van der Waals surface area contributed by atoms with E-state index in [1.54, 1.807) is 6.20 Å². The zero-order valence-electron chi connectivity index (χ0n) is 10.2. The summed E-state index contributed by atoms with van der Waals surface area (Å²) >= 11 is 1.46. The summed E-state index contributed by atoms with van der Waals surface area (Å²) in [7, 11) is 0. The van der Waals surface area contributed by atoms with Gasteiger partial charge in [-0.25, -0.2) is 4.98 Å². The quantitative estimate of drug-likeness (QED) is 0.894. The second-order valence-electron chi connectivity index (χ2n) is 4.54. The van der Waals surface area contributed by atoms with Gasteiger partial charge in [-0.1, -0.05) is 13.3 Å². The first-order chi connectivity index (χ1) is 8.28. The number of likely N-dealkylation sites (tertiary alicyclic amines) is 1. The largest absolute Gasteiger partial charge is 0.301 e. The maximum absolute atomic E-state index is 11.8.